The molecule has 0 aromatic heterocycles. The number of carboxylic acid groups (broad SMARTS) is 1. The highest BCUT2D eigenvalue weighted by atomic mass is 16.4. The van der Waals surface area contributed by atoms with Gasteiger partial charge in [-0.05, 0) is 24.8 Å². The molecule has 0 aliphatic carbocycles. The van der Waals surface area contributed by atoms with Crippen LogP contribution in [0.2, 0.25) is 0 Å². The summed E-state index contributed by atoms with van der Waals surface area (Å²) in [5, 5.41) is 14.8. The van der Waals surface area contributed by atoms with Crippen molar-refractivity contribution >= 4 is 17.8 Å². The lowest BCUT2D eigenvalue weighted by molar-refractivity contribution is -0.151. The SMILES string of the molecule is CC1(C)CCCNC1C(=O)N1CCNC(=O)C1CC(=O)O. The van der Waals surface area contributed by atoms with E-state index in [9.17, 15) is 14.4 Å². The van der Waals surface area contributed by atoms with Gasteiger partial charge in [0.15, 0.2) is 0 Å². The number of rotatable bonds is 3. The first-order valence-corrected chi connectivity index (χ1v) is 7.36. The van der Waals surface area contributed by atoms with Gasteiger partial charge in [-0.1, -0.05) is 13.8 Å². The number of amides is 2. The van der Waals surface area contributed by atoms with E-state index in [0.29, 0.717) is 13.1 Å². The molecule has 3 N–H and O–H groups in total. The van der Waals surface area contributed by atoms with Gasteiger partial charge in [0.2, 0.25) is 11.8 Å². The number of hydrogen-bond acceptors (Lipinski definition) is 4. The summed E-state index contributed by atoms with van der Waals surface area (Å²) in [6.07, 6.45) is 1.58. The van der Waals surface area contributed by atoms with Gasteiger partial charge in [-0.3, -0.25) is 14.4 Å². The lowest BCUT2D eigenvalue weighted by Crippen LogP contribution is -2.64. The van der Waals surface area contributed by atoms with Gasteiger partial charge < -0.3 is 20.6 Å². The van der Waals surface area contributed by atoms with Crippen molar-refractivity contribution in [1.82, 2.24) is 15.5 Å². The van der Waals surface area contributed by atoms with Crippen LogP contribution in [0.3, 0.4) is 0 Å². The first kappa shape index (κ1) is 15.8. The minimum Gasteiger partial charge on any atom is -0.481 e. The smallest absolute Gasteiger partial charge is 0.305 e. The van der Waals surface area contributed by atoms with Crippen molar-refractivity contribution in [2.75, 3.05) is 19.6 Å². The Morgan fingerprint density at radius 1 is 1.38 bits per heavy atom. The molecule has 2 atom stereocenters. The van der Waals surface area contributed by atoms with Crippen molar-refractivity contribution < 1.29 is 19.5 Å². The Labute approximate surface area is 124 Å². The molecule has 2 heterocycles. The molecule has 0 saturated carbocycles. The van der Waals surface area contributed by atoms with Crippen LogP contribution in [0, 0.1) is 5.41 Å². The summed E-state index contributed by atoms with van der Waals surface area (Å²) >= 11 is 0. The van der Waals surface area contributed by atoms with E-state index in [1.807, 2.05) is 13.8 Å². The largest absolute Gasteiger partial charge is 0.481 e. The third-order valence-corrected chi connectivity index (χ3v) is 4.36. The Morgan fingerprint density at radius 3 is 2.71 bits per heavy atom. The predicted molar refractivity (Wildman–Crippen MR) is 75.6 cm³/mol. The lowest BCUT2D eigenvalue weighted by Gasteiger charge is -2.43. The molecule has 0 radical (unpaired) electrons. The van der Waals surface area contributed by atoms with Gasteiger partial charge in [0.05, 0.1) is 12.5 Å². The van der Waals surface area contributed by atoms with E-state index in [2.05, 4.69) is 10.6 Å². The zero-order valence-electron chi connectivity index (χ0n) is 12.5. The number of carbonyl (C=O) groups is 3. The predicted octanol–water partition coefficient (Wildman–Crippen LogP) is -0.434. The van der Waals surface area contributed by atoms with Crippen LogP contribution in [0.4, 0.5) is 0 Å². The maximum absolute atomic E-state index is 12.8. The van der Waals surface area contributed by atoms with Gasteiger partial charge in [-0.2, -0.15) is 0 Å². The van der Waals surface area contributed by atoms with Gasteiger partial charge in [0.25, 0.3) is 0 Å². The summed E-state index contributed by atoms with van der Waals surface area (Å²) in [7, 11) is 0. The lowest BCUT2D eigenvalue weighted by atomic mass is 9.76. The fourth-order valence-electron chi connectivity index (χ4n) is 3.15. The standard InChI is InChI=1S/C14H23N3O4/c1-14(2)4-3-5-15-11(14)13(21)17-7-6-16-12(20)9(17)8-10(18)19/h9,11,15H,3-8H2,1-2H3,(H,16,20)(H,18,19). The van der Waals surface area contributed by atoms with Crippen molar-refractivity contribution in [3.8, 4) is 0 Å². The molecule has 2 aliphatic rings. The van der Waals surface area contributed by atoms with Crippen LogP contribution in [0.25, 0.3) is 0 Å². The van der Waals surface area contributed by atoms with Gasteiger partial charge in [-0.15, -0.1) is 0 Å². The second kappa shape index (κ2) is 6.01. The number of nitrogens with one attached hydrogen (secondary N) is 2. The van der Waals surface area contributed by atoms with E-state index in [-0.39, 0.29) is 29.7 Å². The minimum atomic E-state index is -1.08. The Bertz CT molecular complexity index is 450. The summed E-state index contributed by atoms with van der Waals surface area (Å²) in [5.41, 5.74) is -0.197. The number of aliphatic carboxylic acids is 1. The van der Waals surface area contributed by atoms with Crippen molar-refractivity contribution in [3.63, 3.8) is 0 Å². The zero-order chi connectivity index (χ0) is 15.6. The summed E-state index contributed by atoms with van der Waals surface area (Å²) in [6.45, 7) is 5.55. The molecular weight excluding hydrogens is 274 g/mol. The topological polar surface area (TPSA) is 98.7 Å². The molecular formula is C14H23N3O4. The summed E-state index contributed by atoms with van der Waals surface area (Å²) < 4.78 is 0. The van der Waals surface area contributed by atoms with Crippen LogP contribution >= 0.6 is 0 Å². The quantitative estimate of drug-likeness (QED) is 0.656. The van der Waals surface area contributed by atoms with E-state index in [0.717, 1.165) is 19.4 Å². The summed E-state index contributed by atoms with van der Waals surface area (Å²) in [6, 6.07) is -1.28. The first-order valence-electron chi connectivity index (χ1n) is 7.36. The van der Waals surface area contributed by atoms with Gasteiger partial charge in [-0.25, -0.2) is 0 Å². The number of piperazine rings is 1. The number of hydrogen-bond donors (Lipinski definition) is 3. The fraction of sp³-hybridized carbons (Fsp3) is 0.786. The Hall–Kier alpha value is -1.63. The average Bonchev–Trinajstić information content (AvgIpc) is 2.39. The van der Waals surface area contributed by atoms with Gasteiger partial charge in [0, 0.05) is 13.1 Å². The highest BCUT2D eigenvalue weighted by molar-refractivity contribution is 5.93. The number of piperidine rings is 1. The molecule has 21 heavy (non-hydrogen) atoms. The third-order valence-electron chi connectivity index (χ3n) is 4.36. The molecule has 2 fully saturated rings. The van der Waals surface area contributed by atoms with Gasteiger partial charge >= 0.3 is 5.97 Å². The molecule has 7 heteroatoms. The molecule has 118 valence electrons. The molecule has 2 unspecified atom stereocenters. The van der Waals surface area contributed by atoms with Crippen LogP contribution in [0.5, 0.6) is 0 Å². The van der Waals surface area contributed by atoms with E-state index in [4.69, 9.17) is 5.11 Å². The monoisotopic (exact) mass is 297 g/mol. The molecule has 2 saturated heterocycles. The highest BCUT2D eigenvalue weighted by Crippen LogP contribution is 2.31. The van der Waals surface area contributed by atoms with Crippen LogP contribution in [-0.2, 0) is 14.4 Å². The Balaban J connectivity index is 2.18. The van der Waals surface area contributed by atoms with Gasteiger partial charge in [0.1, 0.15) is 6.04 Å². The maximum Gasteiger partial charge on any atom is 0.305 e. The first-order chi connectivity index (χ1) is 9.83. The molecule has 2 aliphatic heterocycles. The Kier molecular flexibility index (Phi) is 4.51. The summed E-state index contributed by atoms with van der Waals surface area (Å²) in [5.74, 6) is -1.63. The molecule has 2 rings (SSSR count). The van der Waals surface area contributed by atoms with E-state index < -0.39 is 12.0 Å². The molecule has 0 spiro atoms. The summed E-state index contributed by atoms with van der Waals surface area (Å²) in [4.78, 5) is 37.1. The zero-order valence-corrected chi connectivity index (χ0v) is 12.5. The van der Waals surface area contributed by atoms with Crippen LogP contribution in [-0.4, -0.2) is 59.5 Å². The average molecular weight is 297 g/mol. The second-order valence-electron chi connectivity index (χ2n) is 6.42. The van der Waals surface area contributed by atoms with Crippen molar-refractivity contribution in [3.05, 3.63) is 0 Å². The number of carbonyl (C=O) groups excluding carboxylic acids is 2. The number of nitrogens with zero attached hydrogens (tertiary/aromatic N) is 1. The second-order valence-corrected chi connectivity index (χ2v) is 6.42. The highest BCUT2D eigenvalue weighted by Gasteiger charge is 2.43. The third kappa shape index (κ3) is 3.34. The molecule has 2 amide bonds. The van der Waals surface area contributed by atoms with E-state index in [1.165, 1.54) is 4.90 Å². The normalized spacial score (nSPS) is 28.9. The molecule has 0 aromatic rings. The van der Waals surface area contributed by atoms with Crippen LogP contribution in [0.1, 0.15) is 33.1 Å². The van der Waals surface area contributed by atoms with E-state index in [1.54, 1.807) is 0 Å². The fourth-order valence-corrected chi connectivity index (χ4v) is 3.15. The molecule has 7 nitrogen and oxygen atoms in total. The minimum absolute atomic E-state index is 0.166. The van der Waals surface area contributed by atoms with E-state index >= 15 is 0 Å². The number of carboxylic acids is 1. The molecule has 0 aromatic carbocycles. The van der Waals surface area contributed by atoms with Crippen LogP contribution in [0.15, 0.2) is 0 Å². The molecule has 0 bridgehead atoms. The van der Waals surface area contributed by atoms with Crippen molar-refractivity contribution in [2.45, 2.75) is 45.2 Å². The van der Waals surface area contributed by atoms with Crippen LogP contribution < -0.4 is 10.6 Å². The van der Waals surface area contributed by atoms with Crippen molar-refractivity contribution in [2.24, 2.45) is 5.41 Å². The Morgan fingerprint density at radius 2 is 2.10 bits per heavy atom. The maximum atomic E-state index is 12.8. The van der Waals surface area contributed by atoms with Crippen molar-refractivity contribution in [1.29, 1.82) is 0 Å².